The molecule has 0 saturated carbocycles. The number of alkyl halides is 3. The van der Waals surface area contributed by atoms with Gasteiger partial charge in [0, 0.05) is 38.3 Å². The van der Waals surface area contributed by atoms with Gasteiger partial charge < -0.3 is 14.2 Å². The van der Waals surface area contributed by atoms with Crippen molar-refractivity contribution in [3.05, 3.63) is 82.2 Å². The molecule has 3 aromatic rings. The lowest BCUT2D eigenvalue weighted by molar-refractivity contribution is -0.137. The Hall–Kier alpha value is -3.33. The average Bonchev–Trinajstić information content (AvgIpc) is 3.01. The van der Waals surface area contributed by atoms with Crippen LogP contribution in [0, 0.1) is 13.8 Å². The predicted molar refractivity (Wildman–Crippen MR) is 124 cm³/mol. The highest BCUT2D eigenvalue weighted by molar-refractivity contribution is 5.94. The van der Waals surface area contributed by atoms with Crippen molar-refractivity contribution in [3.8, 4) is 5.75 Å². The van der Waals surface area contributed by atoms with Gasteiger partial charge in [-0.05, 0) is 56.2 Å². The lowest BCUT2D eigenvalue weighted by Gasteiger charge is -2.22. The van der Waals surface area contributed by atoms with E-state index >= 15 is 0 Å². The Morgan fingerprint density at radius 3 is 2.51 bits per heavy atom. The molecule has 0 N–H and O–H groups in total. The summed E-state index contributed by atoms with van der Waals surface area (Å²) in [6.45, 7) is 7.12. The molecule has 0 bridgehead atoms. The second kappa shape index (κ2) is 10.5. The van der Waals surface area contributed by atoms with Crippen LogP contribution < -0.4 is 4.74 Å². The molecule has 1 aliphatic heterocycles. The maximum Gasteiger partial charge on any atom is 0.416 e. The highest BCUT2D eigenvalue weighted by Gasteiger charge is 2.30. The molecule has 0 radical (unpaired) electrons. The minimum absolute atomic E-state index is 0.0656. The summed E-state index contributed by atoms with van der Waals surface area (Å²) >= 11 is 0. The van der Waals surface area contributed by atoms with Gasteiger partial charge in [-0.2, -0.15) is 13.2 Å². The van der Waals surface area contributed by atoms with Crippen LogP contribution in [0.2, 0.25) is 0 Å². The Balaban J connectivity index is 1.34. The van der Waals surface area contributed by atoms with Gasteiger partial charge in [-0.25, -0.2) is 0 Å². The molecule has 9 heteroatoms. The molecule has 186 valence electrons. The van der Waals surface area contributed by atoms with Crippen molar-refractivity contribution < 1.29 is 27.2 Å². The zero-order valence-electron chi connectivity index (χ0n) is 19.8. The third-order valence-electron chi connectivity index (χ3n) is 6.21. The SMILES string of the molecule is Cc1noc(C)c1COc1cccc(C(=O)N2CCCN(Cc3ccc(C(F)(F)F)cc3)CC2)c1. The van der Waals surface area contributed by atoms with Crippen LogP contribution in [-0.4, -0.2) is 47.0 Å². The first-order chi connectivity index (χ1) is 16.7. The van der Waals surface area contributed by atoms with E-state index in [4.69, 9.17) is 9.26 Å². The van der Waals surface area contributed by atoms with Gasteiger partial charge in [0.2, 0.25) is 0 Å². The summed E-state index contributed by atoms with van der Waals surface area (Å²) < 4.78 is 49.4. The molecule has 1 aliphatic rings. The van der Waals surface area contributed by atoms with Crippen molar-refractivity contribution in [1.29, 1.82) is 0 Å². The van der Waals surface area contributed by atoms with Crippen LogP contribution in [0.25, 0.3) is 0 Å². The van der Waals surface area contributed by atoms with E-state index in [1.807, 2.05) is 24.8 Å². The minimum atomic E-state index is -4.33. The van der Waals surface area contributed by atoms with Gasteiger partial charge in [0.1, 0.15) is 18.1 Å². The van der Waals surface area contributed by atoms with Crippen LogP contribution >= 0.6 is 0 Å². The maximum absolute atomic E-state index is 13.2. The van der Waals surface area contributed by atoms with Gasteiger partial charge in [0.15, 0.2) is 0 Å². The molecule has 0 spiro atoms. The molecule has 0 unspecified atom stereocenters. The normalized spacial score (nSPS) is 15.2. The first kappa shape index (κ1) is 24.8. The van der Waals surface area contributed by atoms with Crippen molar-refractivity contribution in [1.82, 2.24) is 15.0 Å². The van der Waals surface area contributed by atoms with Crippen molar-refractivity contribution in [3.63, 3.8) is 0 Å². The van der Waals surface area contributed by atoms with Gasteiger partial charge >= 0.3 is 6.18 Å². The van der Waals surface area contributed by atoms with E-state index in [-0.39, 0.29) is 5.91 Å². The molecule has 0 atom stereocenters. The smallest absolute Gasteiger partial charge is 0.416 e. The van der Waals surface area contributed by atoms with Crippen LogP contribution in [0.3, 0.4) is 0 Å². The van der Waals surface area contributed by atoms with Crippen LogP contribution in [-0.2, 0) is 19.3 Å². The molecule has 0 aliphatic carbocycles. The third kappa shape index (κ3) is 6.22. The number of rotatable bonds is 6. The number of halogens is 3. The number of amides is 1. The number of nitrogens with zero attached hydrogens (tertiary/aromatic N) is 3. The summed E-state index contributed by atoms with van der Waals surface area (Å²) in [7, 11) is 0. The van der Waals surface area contributed by atoms with E-state index in [0.717, 1.165) is 41.9 Å². The molecule has 6 nitrogen and oxygen atoms in total. The third-order valence-corrected chi connectivity index (χ3v) is 6.21. The number of hydrogen-bond donors (Lipinski definition) is 0. The summed E-state index contributed by atoms with van der Waals surface area (Å²) in [6.07, 6.45) is -3.55. The molecule has 1 saturated heterocycles. The quantitative estimate of drug-likeness (QED) is 0.476. The number of ether oxygens (including phenoxy) is 1. The van der Waals surface area contributed by atoms with Crippen LogP contribution in [0.15, 0.2) is 53.1 Å². The summed E-state index contributed by atoms with van der Waals surface area (Å²) in [6, 6.07) is 12.4. The largest absolute Gasteiger partial charge is 0.489 e. The Kier molecular flexibility index (Phi) is 7.45. The lowest BCUT2D eigenvalue weighted by Crippen LogP contribution is -2.35. The highest BCUT2D eigenvalue weighted by Crippen LogP contribution is 2.29. The van der Waals surface area contributed by atoms with Crippen LogP contribution in [0.4, 0.5) is 13.2 Å². The molecule has 4 rings (SSSR count). The van der Waals surface area contributed by atoms with E-state index < -0.39 is 11.7 Å². The first-order valence-electron chi connectivity index (χ1n) is 11.5. The molecular weight excluding hydrogens is 459 g/mol. The van der Waals surface area contributed by atoms with Crippen LogP contribution in [0.5, 0.6) is 5.75 Å². The van der Waals surface area contributed by atoms with E-state index in [2.05, 4.69) is 10.1 Å². The Labute approximate surface area is 202 Å². The van der Waals surface area contributed by atoms with E-state index in [1.54, 1.807) is 18.2 Å². The second-order valence-corrected chi connectivity index (χ2v) is 8.74. The van der Waals surface area contributed by atoms with Crippen molar-refractivity contribution >= 4 is 5.91 Å². The van der Waals surface area contributed by atoms with Crippen LogP contribution in [0.1, 0.15) is 44.9 Å². The number of aromatic nitrogens is 1. The Morgan fingerprint density at radius 1 is 1.06 bits per heavy atom. The Morgan fingerprint density at radius 2 is 1.83 bits per heavy atom. The maximum atomic E-state index is 13.2. The summed E-state index contributed by atoms with van der Waals surface area (Å²) in [4.78, 5) is 17.1. The molecule has 35 heavy (non-hydrogen) atoms. The van der Waals surface area contributed by atoms with Crippen molar-refractivity contribution in [2.75, 3.05) is 26.2 Å². The van der Waals surface area contributed by atoms with E-state index in [0.29, 0.717) is 49.9 Å². The van der Waals surface area contributed by atoms with E-state index in [9.17, 15) is 18.0 Å². The number of hydrogen-bond acceptors (Lipinski definition) is 5. The molecule has 2 heterocycles. The fraction of sp³-hybridized carbons (Fsp3) is 0.385. The average molecular weight is 488 g/mol. The zero-order valence-corrected chi connectivity index (χ0v) is 19.8. The summed E-state index contributed by atoms with van der Waals surface area (Å²) in [5.41, 5.74) is 2.40. The van der Waals surface area contributed by atoms with Crippen molar-refractivity contribution in [2.24, 2.45) is 0 Å². The van der Waals surface area contributed by atoms with E-state index in [1.165, 1.54) is 12.1 Å². The van der Waals surface area contributed by atoms with Gasteiger partial charge in [0.25, 0.3) is 5.91 Å². The molecule has 1 fully saturated rings. The number of carbonyl (C=O) groups excluding carboxylic acids is 1. The molecule has 1 amide bonds. The van der Waals surface area contributed by atoms with Crippen molar-refractivity contribution in [2.45, 2.75) is 39.6 Å². The number of benzene rings is 2. The molecule has 2 aromatic carbocycles. The molecular formula is C26H28F3N3O3. The topological polar surface area (TPSA) is 58.8 Å². The number of aryl methyl sites for hydroxylation is 2. The summed E-state index contributed by atoms with van der Waals surface area (Å²) in [5.74, 6) is 1.24. The second-order valence-electron chi connectivity index (χ2n) is 8.74. The van der Waals surface area contributed by atoms with Gasteiger partial charge in [-0.1, -0.05) is 23.4 Å². The fourth-order valence-electron chi connectivity index (χ4n) is 4.15. The fourth-order valence-corrected chi connectivity index (χ4v) is 4.15. The predicted octanol–water partition coefficient (Wildman–Crippen LogP) is 5.24. The van der Waals surface area contributed by atoms with Gasteiger partial charge in [0.05, 0.1) is 16.8 Å². The van der Waals surface area contributed by atoms with Gasteiger partial charge in [-0.3, -0.25) is 9.69 Å². The number of carbonyl (C=O) groups is 1. The molecule has 1 aromatic heterocycles. The first-order valence-corrected chi connectivity index (χ1v) is 11.5. The standard InChI is InChI=1S/C26H28F3N3O3/c1-18-24(19(2)35-30-18)17-34-23-6-3-5-21(15-23)25(33)32-12-4-11-31(13-14-32)16-20-7-9-22(10-8-20)26(27,28)29/h3,5-10,15H,4,11-14,16-17H2,1-2H3. The van der Waals surface area contributed by atoms with Gasteiger partial charge in [-0.15, -0.1) is 0 Å². The highest BCUT2D eigenvalue weighted by atomic mass is 19.4. The monoisotopic (exact) mass is 487 g/mol. The lowest BCUT2D eigenvalue weighted by atomic mass is 10.1. The summed E-state index contributed by atoms with van der Waals surface area (Å²) in [5, 5.41) is 3.93. The Bertz CT molecular complexity index is 1140. The zero-order chi connectivity index (χ0) is 25.0. The minimum Gasteiger partial charge on any atom is -0.489 e.